The number of carbonyl (C=O) groups is 2. The number of nitrogen functional groups attached to an aromatic ring is 1. The van der Waals surface area contributed by atoms with E-state index in [0.717, 1.165) is 125 Å². The number of thiocarbonyl (C=S) groups is 1. The molecule has 7 rings (SSSR count). The van der Waals surface area contributed by atoms with Gasteiger partial charge < -0.3 is 51.2 Å². The van der Waals surface area contributed by atoms with Crippen LogP contribution in [0.1, 0.15) is 47.4 Å². The first-order valence-corrected chi connectivity index (χ1v) is 24.4. The van der Waals surface area contributed by atoms with E-state index in [1.807, 2.05) is 43.3 Å². The van der Waals surface area contributed by atoms with Gasteiger partial charge in [-0.25, -0.2) is 22.5 Å². The molecule has 0 spiro atoms. The largest absolute Gasteiger partial charge is 0.491 e. The molecular weight excluding hydrogens is 1140 g/mol. The molecule has 6 N–H and O–H groups in total. The predicted molar refractivity (Wildman–Crippen MR) is 310 cm³/mol. The van der Waals surface area contributed by atoms with Crippen LogP contribution in [0, 0.1) is 23.3 Å². The van der Waals surface area contributed by atoms with Gasteiger partial charge in [-0.2, -0.15) is 14.9 Å². The molecular formula is C48H65Br2F4N10O4PS3. The van der Waals surface area contributed by atoms with E-state index < -0.39 is 40.6 Å². The maximum absolute atomic E-state index is 14.0. The number of hydrogen-bond acceptors (Lipinski definition) is 14. The van der Waals surface area contributed by atoms with E-state index in [9.17, 15) is 27.2 Å². The number of aliphatic imine (C=N–C) groups is 1. The monoisotopic (exact) mass is 1210 g/mol. The molecule has 4 aromatic carbocycles. The SMILES string of the molecule is Br.C.C.CCSC(N)=NC(=S)Nc1ccc(N2CCN(C)CC2)cc1.COc1c(F)cc(C(=O)CBr)cc1F.COc1c(F)cc(C(=O)c2sc(Nc3ccc(N4CCN(C)CC4)cc3)nc2N)cc1F.P. The predicted octanol–water partition coefficient (Wildman–Crippen LogP) is 10.4. The van der Waals surface area contributed by atoms with E-state index in [4.69, 9.17) is 23.7 Å². The van der Waals surface area contributed by atoms with Crippen LogP contribution >= 0.6 is 78.1 Å². The highest BCUT2D eigenvalue weighted by Crippen LogP contribution is 2.32. The second-order valence-corrected chi connectivity index (χ2v) is 18.4. The molecule has 0 aliphatic carbocycles. The van der Waals surface area contributed by atoms with Crippen LogP contribution in [0.3, 0.4) is 0 Å². The van der Waals surface area contributed by atoms with Crippen molar-refractivity contribution in [2.24, 2.45) is 10.7 Å². The number of thiazole rings is 1. The van der Waals surface area contributed by atoms with Gasteiger partial charge in [-0.05, 0) is 105 Å². The van der Waals surface area contributed by atoms with Gasteiger partial charge in [-0.3, -0.25) is 9.59 Å². The molecule has 2 aliphatic heterocycles. The summed E-state index contributed by atoms with van der Waals surface area (Å²) in [4.78, 5) is 41.7. The zero-order chi connectivity index (χ0) is 49.5. The first kappa shape index (κ1) is 65.4. The van der Waals surface area contributed by atoms with Crippen molar-refractivity contribution in [1.82, 2.24) is 14.8 Å². The van der Waals surface area contributed by atoms with E-state index in [0.29, 0.717) is 15.4 Å². The summed E-state index contributed by atoms with van der Waals surface area (Å²) in [5.41, 5.74) is 15.6. The molecule has 14 nitrogen and oxygen atoms in total. The Kier molecular flexibility index (Phi) is 28.9. The number of ether oxygens (including phenoxy) is 2. The molecule has 1 aromatic heterocycles. The van der Waals surface area contributed by atoms with Gasteiger partial charge in [-0.1, -0.05) is 60.8 Å². The summed E-state index contributed by atoms with van der Waals surface area (Å²) in [5.74, 6) is -4.81. The number of aromatic nitrogens is 1. The molecule has 3 heterocycles. The Labute approximate surface area is 456 Å². The minimum absolute atomic E-state index is 0. The molecule has 0 saturated carbocycles. The zero-order valence-corrected chi connectivity index (χ0v) is 46.4. The van der Waals surface area contributed by atoms with E-state index in [1.54, 1.807) is 0 Å². The molecule has 1 unspecified atom stereocenters. The second-order valence-electron chi connectivity index (χ2n) is 15.2. The first-order valence-electron chi connectivity index (χ1n) is 21.1. The third kappa shape index (κ3) is 18.7. The molecule has 5 aromatic rings. The molecule has 1 atom stereocenters. The van der Waals surface area contributed by atoms with Crippen LogP contribution in [0.2, 0.25) is 0 Å². The van der Waals surface area contributed by atoms with Crippen LogP contribution in [0.5, 0.6) is 11.5 Å². The van der Waals surface area contributed by atoms with Gasteiger partial charge in [-0.15, -0.1) is 17.0 Å². The number of nitrogens with one attached hydrogen (secondary N) is 2. The standard InChI is InChI=1S/C22H23F2N5O2S.C15H23N5S2.C9H7BrF2O2.2CH4.BrH.H3P/c1-28-7-9-29(10-8-28)15-5-3-14(4-6-15)26-22-27-21(25)20(32-22)18(30)13-11-16(23)19(31-2)17(24)12-13;1-3-22-14(16)18-15(21)17-12-4-6-13(7-5-12)20-10-8-19(2)9-11-20;1-14-9-6(11)2-5(3-7(9)12)8(13)4-10;;;;/h3-6,11-12H,7-10,25H2,1-2H3,(H,26,27);4-7H,3,8-11H2,1-2H3,(H3,16,17,18,21);2-3H,4H2,1H3;2*1H4;1H;1H3. The minimum Gasteiger partial charge on any atom is -0.491 e. The summed E-state index contributed by atoms with van der Waals surface area (Å²) in [7, 11) is 6.59. The number of carbonyl (C=O) groups excluding carboxylic acids is 2. The number of alkyl halides is 1. The summed E-state index contributed by atoms with van der Waals surface area (Å²) in [6.45, 7) is 10.4. The highest BCUT2D eigenvalue weighted by Gasteiger charge is 2.23. The highest BCUT2D eigenvalue weighted by atomic mass is 79.9. The number of nitrogens with zero attached hydrogens (tertiary/aromatic N) is 6. The van der Waals surface area contributed by atoms with Gasteiger partial charge >= 0.3 is 0 Å². The van der Waals surface area contributed by atoms with Crippen LogP contribution in [0.25, 0.3) is 0 Å². The smallest absolute Gasteiger partial charge is 0.207 e. The summed E-state index contributed by atoms with van der Waals surface area (Å²) in [5, 5.41) is 7.55. The number of thioether (sulfide) groups is 1. The Morgan fingerprint density at radius 3 is 1.60 bits per heavy atom. The third-order valence-electron chi connectivity index (χ3n) is 10.4. The fourth-order valence-corrected chi connectivity index (χ4v) is 8.67. The number of piperazine rings is 2. The van der Waals surface area contributed by atoms with Crippen LogP contribution in [-0.2, 0) is 0 Å². The van der Waals surface area contributed by atoms with Crippen molar-refractivity contribution in [3.63, 3.8) is 0 Å². The number of nitrogens with two attached hydrogens (primary N) is 2. The lowest BCUT2D eigenvalue weighted by Crippen LogP contribution is -2.44. The number of Topliss-reactive ketones (excluding diaryl/α,β-unsaturated/α-hetero) is 1. The van der Waals surface area contributed by atoms with Crippen molar-refractivity contribution >= 4 is 134 Å². The molecule has 0 bridgehead atoms. The number of ketones is 2. The molecule has 2 aliphatic rings. The van der Waals surface area contributed by atoms with Crippen molar-refractivity contribution in [2.75, 3.05) is 118 Å². The van der Waals surface area contributed by atoms with E-state index in [2.05, 4.69) is 91.8 Å². The normalized spacial score (nSPS) is 13.4. The highest BCUT2D eigenvalue weighted by molar-refractivity contribution is 9.09. The van der Waals surface area contributed by atoms with E-state index in [-0.39, 0.29) is 74.7 Å². The molecule has 0 amide bonds. The lowest BCUT2D eigenvalue weighted by molar-refractivity contribution is 0.102. The van der Waals surface area contributed by atoms with Gasteiger partial charge in [0.15, 0.2) is 56.0 Å². The first-order chi connectivity index (χ1) is 32.5. The Balaban J connectivity index is 0.000000567. The number of methoxy groups -OCH3 is 2. The topological polar surface area (TPSA) is 167 Å². The average Bonchev–Trinajstić information content (AvgIpc) is 3.68. The number of halogens is 6. The summed E-state index contributed by atoms with van der Waals surface area (Å²) in [6, 6.07) is 19.9. The Morgan fingerprint density at radius 2 is 1.19 bits per heavy atom. The maximum atomic E-state index is 14.0. The van der Waals surface area contributed by atoms with Gasteiger partial charge in [0.1, 0.15) is 10.7 Å². The van der Waals surface area contributed by atoms with Gasteiger partial charge in [0.2, 0.25) is 5.78 Å². The van der Waals surface area contributed by atoms with Crippen molar-refractivity contribution < 1.29 is 36.6 Å². The third-order valence-corrected chi connectivity index (χ3v) is 12.8. The quantitative estimate of drug-likeness (QED) is 0.0177. The van der Waals surface area contributed by atoms with Gasteiger partial charge in [0.25, 0.3) is 0 Å². The molecule has 24 heteroatoms. The fourth-order valence-electron chi connectivity index (χ4n) is 6.75. The van der Waals surface area contributed by atoms with Gasteiger partial charge in [0.05, 0.1) is 19.5 Å². The summed E-state index contributed by atoms with van der Waals surface area (Å²) >= 11 is 10.6. The molecule has 72 heavy (non-hydrogen) atoms. The fraction of sp³-hybridized carbons (Fsp3) is 0.354. The van der Waals surface area contributed by atoms with Crippen LogP contribution in [-0.4, -0.2) is 128 Å². The Bertz CT molecular complexity index is 2510. The van der Waals surface area contributed by atoms with Crippen molar-refractivity contribution in [1.29, 1.82) is 0 Å². The maximum Gasteiger partial charge on any atom is 0.207 e. The molecule has 2 fully saturated rings. The lowest BCUT2D eigenvalue weighted by atomic mass is 10.1. The average molecular weight is 1210 g/mol. The van der Waals surface area contributed by atoms with E-state index in [1.165, 1.54) is 17.4 Å². The van der Waals surface area contributed by atoms with Crippen LogP contribution in [0.4, 0.5) is 51.3 Å². The Hall–Kier alpha value is -4.61. The van der Waals surface area contributed by atoms with Crippen molar-refractivity contribution in [3.05, 3.63) is 112 Å². The van der Waals surface area contributed by atoms with Crippen LogP contribution < -0.4 is 41.4 Å². The van der Waals surface area contributed by atoms with Crippen LogP contribution in [0.15, 0.2) is 77.8 Å². The summed E-state index contributed by atoms with van der Waals surface area (Å²) < 4.78 is 63.2. The number of hydrogen-bond donors (Lipinski definition) is 4. The Morgan fingerprint density at radius 1 is 0.778 bits per heavy atom. The number of benzene rings is 4. The van der Waals surface area contributed by atoms with Crippen molar-refractivity contribution in [3.8, 4) is 11.5 Å². The lowest BCUT2D eigenvalue weighted by Gasteiger charge is -2.34. The number of likely N-dealkylation sites (N-methyl/N-ethyl adjacent to an activating group) is 2. The minimum atomic E-state index is -0.960. The second kappa shape index (κ2) is 31.9. The summed E-state index contributed by atoms with van der Waals surface area (Å²) in [6.07, 6.45) is 0. The number of amidine groups is 1. The molecule has 2 saturated heterocycles. The number of rotatable bonds is 12. The molecule has 396 valence electrons. The number of anilines is 6. The van der Waals surface area contributed by atoms with Gasteiger partial charge in [0, 0.05) is 86.2 Å². The zero-order valence-electron chi connectivity index (χ0n) is 39.2. The van der Waals surface area contributed by atoms with E-state index >= 15 is 0 Å². The molecule has 0 radical (unpaired) electrons. The van der Waals surface area contributed by atoms with Crippen molar-refractivity contribution in [2.45, 2.75) is 21.8 Å².